The van der Waals surface area contributed by atoms with E-state index in [4.69, 9.17) is 0 Å². The normalized spacial score (nSPS) is 10.3. The van der Waals surface area contributed by atoms with Crippen LogP contribution < -0.4 is 0 Å². The van der Waals surface area contributed by atoms with E-state index in [9.17, 15) is 0 Å². The van der Waals surface area contributed by atoms with E-state index < -0.39 is 0 Å². The van der Waals surface area contributed by atoms with Gasteiger partial charge in [0, 0.05) is 18.6 Å². The fourth-order valence-corrected chi connectivity index (χ4v) is 1.77. The molecule has 0 radical (unpaired) electrons. The van der Waals surface area contributed by atoms with Crippen molar-refractivity contribution >= 4 is 15.9 Å². The molecule has 3 nitrogen and oxygen atoms in total. The van der Waals surface area contributed by atoms with Crippen molar-refractivity contribution in [1.82, 2.24) is 14.5 Å². The third-order valence-electron chi connectivity index (χ3n) is 1.71. The number of aryl methyl sites for hydroxylation is 1. The van der Waals surface area contributed by atoms with Crippen LogP contribution in [0.5, 0.6) is 0 Å². The molecule has 0 bridgehead atoms. The Balaban J connectivity index is 2.53. The van der Waals surface area contributed by atoms with Gasteiger partial charge in [-0.25, -0.2) is 9.97 Å². The van der Waals surface area contributed by atoms with Crippen molar-refractivity contribution in [3.63, 3.8) is 0 Å². The molecule has 0 unspecified atom stereocenters. The van der Waals surface area contributed by atoms with Gasteiger partial charge in [0.25, 0.3) is 0 Å². The monoisotopic (exact) mass is 237 g/mol. The lowest BCUT2D eigenvalue weighted by atomic mass is 10.3. The molecule has 2 heterocycles. The minimum atomic E-state index is 0.864. The Bertz CT molecular complexity index is 409. The van der Waals surface area contributed by atoms with Gasteiger partial charge in [0.1, 0.15) is 6.33 Å². The number of halogens is 1. The first-order valence-electron chi connectivity index (χ1n) is 3.88. The summed E-state index contributed by atoms with van der Waals surface area (Å²) in [6, 6.07) is 2.03. The summed E-state index contributed by atoms with van der Waals surface area (Å²) >= 11 is 3.46. The summed E-state index contributed by atoms with van der Waals surface area (Å²) in [5.41, 5.74) is 1.13. The van der Waals surface area contributed by atoms with Crippen molar-refractivity contribution in [2.24, 2.45) is 0 Å². The minimum Gasteiger partial charge on any atom is -0.290 e. The van der Waals surface area contributed by atoms with Gasteiger partial charge in [-0.1, -0.05) is 0 Å². The van der Waals surface area contributed by atoms with Gasteiger partial charge >= 0.3 is 0 Å². The zero-order valence-corrected chi connectivity index (χ0v) is 8.69. The fraction of sp³-hybridized carbons (Fsp3) is 0.111. The van der Waals surface area contributed by atoms with Crippen LogP contribution in [-0.2, 0) is 0 Å². The molecule has 0 amide bonds. The number of pyridine rings is 1. The van der Waals surface area contributed by atoms with Crippen LogP contribution >= 0.6 is 15.9 Å². The lowest BCUT2D eigenvalue weighted by Crippen LogP contribution is -1.95. The van der Waals surface area contributed by atoms with Gasteiger partial charge in [-0.2, -0.15) is 0 Å². The molecule has 0 spiro atoms. The van der Waals surface area contributed by atoms with E-state index in [1.165, 1.54) is 0 Å². The zero-order chi connectivity index (χ0) is 9.26. The quantitative estimate of drug-likeness (QED) is 0.763. The molecular formula is C9H8BrN3. The molecular weight excluding hydrogens is 230 g/mol. The van der Waals surface area contributed by atoms with Crippen LogP contribution in [0, 0.1) is 6.92 Å². The Morgan fingerprint density at radius 2 is 2.31 bits per heavy atom. The smallest absolute Gasteiger partial charge is 0.152 e. The molecule has 0 atom stereocenters. The molecule has 0 aliphatic heterocycles. The number of nitrogens with zero attached hydrogens (tertiary/aromatic N) is 3. The molecule has 66 valence electrons. The van der Waals surface area contributed by atoms with E-state index in [-0.39, 0.29) is 0 Å². The number of aromatic nitrogens is 3. The van der Waals surface area contributed by atoms with Gasteiger partial charge in [0.2, 0.25) is 0 Å². The van der Waals surface area contributed by atoms with Crippen molar-refractivity contribution < 1.29 is 0 Å². The molecule has 2 rings (SSSR count). The van der Waals surface area contributed by atoms with Gasteiger partial charge in [-0.05, 0) is 34.5 Å². The summed E-state index contributed by atoms with van der Waals surface area (Å²) in [5.74, 6) is 0.864. The number of hydrogen-bond acceptors (Lipinski definition) is 2. The molecule has 13 heavy (non-hydrogen) atoms. The summed E-state index contributed by atoms with van der Waals surface area (Å²) in [6.07, 6.45) is 7.15. The maximum atomic E-state index is 4.30. The second-order valence-corrected chi connectivity index (χ2v) is 3.64. The van der Waals surface area contributed by atoms with E-state index in [1.54, 1.807) is 12.5 Å². The van der Waals surface area contributed by atoms with Crippen LogP contribution in [0.1, 0.15) is 5.56 Å². The Kier molecular flexibility index (Phi) is 2.14. The summed E-state index contributed by atoms with van der Waals surface area (Å²) < 4.78 is 2.84. The molecule has 0 saturated carbocycles. The first-order chi connectivity index (χ1) is 6.27. The number of imidazole rings is 1. The average Bonchev–Trinajstić information content (AvgIpc) is 2.56. The summed E-state index contributed by atoms with van der Waals surface area (Å²) in [6.45, 7) is 2.01. The van der Waals surface area contributed by atoms with Crippen molar-refractivity contribution in [3.8, 4) is 5.82 Å². The maximum Gasteiger partial charge on any atom is 0.152 e. The topological polar surface area (TPSA) is 30.7 Å². The molecule has 2 aromatic heterocycles. The highest BCUT2D eigenvalue weighted by Gasteiger charge is 2.02. The summed E-state index contributed by atoms with van der Waals surface area (Å²) in [7, 11) is 0. The average molecular weight is 238 g/mol. The molecule has 4 heteroatoms. The van der Waals surface area contributed by atoms with Crippen LogP contribution in [0.2, 0.25) is 0 Å². The second-order valence-electron chi connectivity index (χ2n) is 2.79. The second kappa shape index (κ2) is 3.30. The fourth-order valence-electron chi connectivity index (χ4n) is 1.10. The molecule has 0 aliphatic rings. The van der Waals surface area contributed by atoms with E-state index in [0.717, 1.165) is 15.9 Å². The van der Waals surface area contributed by atoms with Gasteiger partial charge in [0.15, 0.2) is 5.82 Å². The summed E-state index contributed by atoms with van der Waals surface area (Å²) in [5, 5.41) is 0. The van der Waals surface area contributed by atoms with Crippen molar-refractivity contribution in [2.75, 3.05) is 0 Å². The van der Waals surface area contributed by atoms with Crippen LogP contribution in [-0.4, -0.2) is 14.5 Å². The van der Waals surface area contributed by atoms with Crippen LogP contribution in [0.25, 0.3) is 5.82 Å². The van der Waals surface area contributed by atoms with Gasteiger partial charge in [-0.15, -0.1) is 0 Å². The lowest BCUT2D eigenvalue weighted by molar-refractivity contribution is 0.979. The van der Waals surface area contributed by atoms with E-state index in [0.29, 0.717) is 0 Å². The van der Waals surface area contributed by atoms with Gasteiger partial charge in [0.05, 0.1) is 4.47 Å². The molecule has 0 aliphatic carbocycles. The standard InChI is InChI=1S/C9H8BrN3/c1-7-4-8(10)9(12-5-7)13-3-2-11-6-13/h2-6H,1H3. The zero-order valence-electron chi connectivity index (χ0n) is 7.11. The highest BCUT2D eigenvalue weighted by Crippen LogP contribution is 2.18. The molecule has 0 fully saturated rings. The minimum absolute atomic E-state index is 0.864. The summed E-state index contributed by atoms with van der Waals surface area (Å²) in [4.78, 5) is 8.26. The van der Waals surface area contributed by atoms with E-state index in [2.05, 4.69) is 25.9 Å². The number of rotatable bonds is 1. The molecule has 0 saturated heterocycles. The van der Waals surface area contributed by atoms with Crippen LogP contribution in [0.4, 0.5) is 0 Å². The highest BCUT2D eigenvalue weighted by atomic mass is 79.9. The predicted molar refractivity (Wildman–Crippen MR) is 53.8 cm³/mol. The maximum absolute atomic E-state index is 4.30. The van der Waals surface area contributed by atoms with Crippen molar-refractivity contribution in [2.45, 2.75) is 6.92 Å². The predicted octanol–water partition coefficient (Wildman–Crippen LogP) is 2.34. The third kappa shape index (κ3) is 1.62. The van der Waals surface area contributed by atoms with Gasteiger partial charge < -0.3 is 0 Å². The Morgan fingerprint density at radius 3 is 2.92 bits per heavy atom. The molecule has 0 aromatic carbocycles. The lowest BCUT2D eigenvalue weighted by Gasteiger charge is -2.03. The third-order valence-corrected chi connectivity index (χ3v) is 2.29. The van der Waals surface area contributed by atoms with Crippen molar-refractivity contribution in [1.29, 1.82) is 0 Å². The first kappa shape index (κ1) is 8.44. The Morgan fingerprint density at radius 1 is 1.46 bits per heavy atom. The van der Waals surface area contributed by atoms with Crippen LogP contribution in [0.3, 0.4) is 0 Å². The first-order valence-corrected chi connectivity index (χ1v) is 4.67. The van der Waals surface area contributed by atoms with Crippen molar-refractivity contribution in [3.05, 3.63) is 41.0 Å². The van der Waals surface area contributed by atoms with E-state index in [1.807, 2.05) is 30.0 Å². The van der Waals surface area contributed by atoms with E-state index >= 15 is 0 Å². The van der Waals surface area contributed by atoms with Gasteiger partial charge in [-0.3, -0.25) is 4.57 Å². The molecule has 2 aromatic rings. The number of hydrogen-bond donors (Lipinski definition) is 0. The Hall–Kier alpha value is -1.16. The van der Waals surface area contributed by atoms with Crippen LogP contribution in [0.15, 0.2) is 35.5 Å². The highest BCUT2D eigenvalue weighted by molar-refractivity contribution is 9.10. The Labute approximate surface area is 84.6 Å². The largest absolute Gasteiger partial charge is 0.290 e. The SMILES string of the molecule is Cc1cnc(-n2ccnc2)c(Br)c1. The molecule has 0 N–H and O–H groups in total.